The molecule has 0 aromatic carbocycles. The zero-order valence-corrected chi connectivity index (χ0v) is 46.5. The molecule has 0 aromatic rings. The molecule has 0 saturated carbocycles. The van der Waals surface area contributed by atoms with Gasteiger partial charge >= 0.3 is 0 Å². The second kappa shape index (κ2) is 30.5. The van der Waals surface area contributed by atoms with E-state index in [0.717, 1.165) is 20.8 Å². The third kappa shape index (κ3) is 15.4. The highest BCUT2D eigenvalue weighted by atomic mass is 16.8. The third-order valence-electron chi connectivity index (χ3n) is 15.7. The highest BCUT2D eigenvalue weighted by Crippen LogP contribution is 2.38. The molecule has 0 aliphatic carbocycles. The number of ether oxygens (including phenoxy) is 13. The molecule has 22 N–H and O–H groups in total. The van der Waals surface area contributed by atoms with Crippen LogP contribution >= 0.6 is 0 Å². The first-order valence-corrected chi connectivity index (χ1v) is 27.5. The topological polar surface area (TPSA) is 592 Å². The molecule has 7 fully saturated rings. The minimum atomic E-state index is -2.40. The summed E-state index contributed by atoms with van der Waals surface area (Å²) >= 11 is 0. The van der Waals surface area contributed by atoms with E-state index in [2.05, 4.69) is 16.0 Å². The van der Waals surface area contributed by atoms with E-state index in [1.165, 1.54) is 6.92 Å². The van der Waals surface area contributed by atoms with Gasteiger partial charge in [-0.25, -0.2) is 0 Å². The lowest BCUT2D eigenvalue weighted by atomic mass is 9.92. The van der Waals surface area contributed by atoms with Crippen LogP contribution in [0.5, 0.6) is 0 Å². The SMILES string of the molecule is CC(=O)NC1[C@H](OC2C(O)C(O)[C@H](CO)O[C@@H]2O[C@@H]2C(O)[C@H](O[C@@H]3C(CO)O[C@@H](O[C@@H]4C(CO)O[C@@H](C)C(NC(C)=O)[C@H]4O)C(NC(C)=O)[C@H]3O)OC(CO[C@H]3OC(O)[C@@H](O)[C@H](O)C3O)[C@H]2O)OC(CO)[C@@H](O[C@@H]2OC(CO)[C@H](O)[C@H](O)C2O)[C@@H]1O. The Balaban J connectivity index is 1.19. The molecule has 86 heavy (non-hydrogen) atoms. The minimum Gasteiger partial charge on any atom is -0.394 e. The molecule has 3 amide bonds. The second-order valence-electron chi connectivity index (χ2n) is 21.8. The highest BCUT2D eigenvalue weighted by molar-refractivity contribution is 5.74. The largest absolute Gasteiger partial charge is 0.394 e. The fraction of sp³-hybridized carbons (Fsp3) is 0.938. The molecule has 38 heteroatoms. The van der Waals surface area contributed by atoms with E-state index in [0.29, 0.717) is 0 Å². The maximum absolute atomic E-state index is 12.7. The van der Waals surface area contributed by atoms with Crippen LogP contribution in [0, 0.1) is 0 Å². The summed E-state index contributed by atoms with van der Waals surface area (Å²) in [5.74, 6) is -2.31. The van der Waals surface area contributed by atoms with Crippen molar-refractivity contribution in [3.05, 3.63) is 0 Å². The lowest BCUT2D eigenvalue weighted by Crippen LogP contribution is -2.70. The maximum Gasteiger partial charge on any atom is 0.217 e. The normalized spacial score (nSPS) is 49.4. The molecule has 7 rings (SSSR count). The fourth-order valence-electron chi connectivity index (χ4n) is 11.1. The van der Waals surface area contributed by atoms with Crippen molar-refractivity contribution in [2.24, 2.45) is 0 Å². The van der Waals surface area contributed by atoms with Gasteiger partial charge in [0, 0.05) is 20.8 Å². The van der Waals surface area contributed by atoms with Crippen LogP contribution in [0.2, 0.25) is 0 Å². The van der Waals surface area contributed by atoms with Crippen LogP contribution in [-0.4, -0.2) is 369 Å². The van der Waals surface area contributed by atoms with Crippen molar-refractivity contribution < 1.29 is 173 Å². The van der Waals surface area contributed by atoms with Gasteiger partial charge in [0.2, 0.25) is 17.7 Å². The molecule has 35 atom stereocenters. The zero-order chi connectivity index (χ0) is 63.5. The molecule has 7 aliphatic rings. The Hall–Kier alpha value is -2.87. The van der Waals surface area contributed by atoms with Gasteiger partial charge in [0.05, 0.1) is 51.8 Å². The van der Waals surface area contributed by atoms with Gasteiger partial charge in [-0.1, -0.05) is 0 Å². The standard InChI is InChI=1S/C48H81N3O35/c1-11-21(49-12(2)57)27(63)37(17(7-54)75-11)81-43-22(50-13(3)58)28(64)39(19(9-56)78-43)83-47-36(72)40(26(62)20(80-47)10-74-45-34(70)31(67)33(69)42(73)86-45)84-48-41(32(68)25(61)16(6-53)77-48)85-44-23(51-14(4)59)29(65)38(18(8-55)79-44)82-46-35(71)30(66)24(60)15(5-52)76-46/h11,15-48,52-56,60-73H,5-10H2,1-4H3,(H,49,57)(H,50,58)(H,51,59)/t11-,15?,16-,17?,18?,19?,20?,21?,22?,23?,24-,25?,26+,27+,28+,29+,30-,31-,32?,33-,34?,35?,36?,37+,38+,39+,40-,41?,42?,43-,44-,45-,46-,47-,48+/m0/s1. The summed E-state index contributed by atoms with van der Waals surface area (Å²) in [6.07, 6.45) is -62.3. The Labute approximate surface area is 488 Å². The first kappa shape index (κ1) is 70.6. The van der Waals surface area contributed by atoms with Gasteiger partial charge in [0.15, 0.2) is 44.0 Å². The quantitative estimate of drug-likeness (QED) is 0.0507. The van der Waals surface area contributed by atoms with Gasteiger partial charge in [-0.3, -0.25) is 14.4 Å². The van der Waals surface area contributed by atoms with Crippen molar-refractivity contribution in [1.29, 1.82) is 0 Å². The monoisotopic (exact) mass is 1260 g/mol. The molecular formula is C48H81N3O35. The molecule has 38 nitrogen and oxygen atoms in total. The predicted octanol–water partition coefficient (Wildman–Crippen LogP) is -14.8. The third-order valence-corrected chi connectivity index (χ3v) is 15.7. The van der Waals surface area contributed by atoms with E-state index in [4.69, 9.17) is 61.6 Å². The van der Waals surface area contributed by atoms with E-state index >= 15 is 0 Å². The second-order valence-corrected chi connectivity index (χ2v) is 21.8. The summed E-state index contributed by atoms with van der Waals surface area (Å²) in [4.78, 5) is 37.5. The number of amides is 3. The molecule has 0 radical (unpaired) electrons. The molecule has 0 spiro atoms. The summed E-state index contributed by atoms with van der Waals surface area (Å²) in [7, 11) is 0. The summed E-state index contributed by atoms with van der Waals surface area (Å²) in [5.41, 5.74) is 0. The number of hydrogen-bond donors (Lipinski definition) is 22. The molecule has 498 valence electrons. The van der Waals surface area contributed by atoms with E-state index in [1.54, 1.807) is 0 Å². The van der Waals surface area contributed by atoms with Gasteiger partial charge in [-0.05, 0) is 6.92 Å². The Kier molecular flexibility index (Phi) is 25.0. The number of hydrogen-bond acceptors (Lipinski definition) is 35. The number of nitrogens with one attached hydrogen (secondary N) is 3. The van der Waals surface area contributed by atoms with Gasteiger partial charge in [0.1, 0.15) is 159 Å². The predicted molar refractivity (Wildman–Crippen MR) is 265 cm³/mol. The van der Waals surface area contributed by atoms with Crippen molar-refractivity contribution >= 4 is 17.7 Å². The van der Waals surface area contributed by atoms with Crippen molar-refractivity contribution in [3.8, 4) is 0 Å². The van der Waals surface area contributed by atoms with Gasteiger partial charge in [-0.2, -0.15) is 0 Å². The average molecular weight is 1260 g/mol. The maximum atomic E-state index is 12.7. The van der Waals surface area contributed by atoms with E-state index in [1.807, 2.05) is 0 Å². The van der Waals surface area contributed by atoms with E-state index < -0.39 is 272 Å². The smallest absolute Gasteiger partial charge is 0.217 e. The van der Waals surface area contributed by atoms with Crippen LogP contribution in [0.4, 0.5) is 0 Å². The summed E-state index contributed by atoms with van der Waals surface area (Å²) in [5, 5.41) is 214. The molecule has 15 unspecified atom stereocenters. The lowest BCUT2D eigenvalue weighted by Gasteiger charge is -2.51. The lowest BCUT2D eigenvalue weighted by molar-refractivity contribution is -0.398. The van der Waals surface area contributed by atoms with Crippen LogP contribution in [-0.2, 0) is 76.0 Å². The molecule has 0 aromatic heterocycles. The zero-order valence-electron chi connectivity index (χ0n) is 46.5. The van der Waals surface area contributed by atoms with Gasteiger partial charge < -0.3 is 175 Å². The number of aliphatic hydroxyl groups excluding tert-OH is 19. The first-order chi connectivity index (χ1) is 40.6. The average Bonchev–Trinajstić information content (AvgIpc) is 0.904. The Bertz CT molecular complexity index is 2170. The van der Waals surface area contributed by atoms with E-state index in [9.17, 15) is 111 Å². The highest BCUT2D eigenvalue weighted by Gasteiger charge is 2.59. The van der Waals surface area contributed by atoms with Gasteiger partial charge in [0.25, 0.3) is 0 Å². The molecule has 7 heterocycles. The number of carbonyl (C=O) groups is 3. The first-order valence-electron chi connectivity index (χ1n) is 27.5. The van der Waals surface area contributed by atoms with Crippen molar-refractivity contribution in [3.63, 3.8) is 0 Å². The van der Waals surface area contributed by atoms with Crippen LogP contribution in [0.25, 0.3) is 0 Å². The number of rotatable bonds is 21. The van der Waals surface area contributed by atoms with Crippen LogP contribution < -0.4 is 16.0 Å². The van der Waals surface area contributed by atoms with Crippen LogP contribution in [0.15, 0.2) is 0 Å². The van der Waals surface area contributed by atoms with Crippen LogP contribution in [0.1, 0.15) is 27.7 Å². The van der Waals surface area contributed by atoms with Gasteiger partial charge in [-0.15, -0.1) is 0 Å². The Morgan fingerprint density at radius 2 is 0.686 bits per heavy atom. The molecule has 0 bridgehead atoms. The number of aliphatic hydroxyl groups is 19. The summed E-state index contributed by atoms with van der Waals surface area (Å²) in [6, 6.07) is -4.74. The van der Waals surface area contributed by atoms with Crippen molar-refractivity contribution in [1.82, 2.24) is 16.0 Å². The summed E-state index contributed by atoms with van der Waals surface area (Å²) in [6.45, 7) is -1.26. The van der Waals surface area contributed by atoms with Crippen LogP contribution in [0.3, 0.4) is 0 Å². The Morgan fingerprint density at radius 3 is 1.17 bits per heavy atom. The summed E-state index contributed by atoms with van der Waals surface area (Å²) < 4.78 is 75.7. The fourth-order valence-corrected chi connectivity index (χ4v) is 11.1. The van der Waals surface area contributed by atoms with E-state index in [-0.39, 0.29) is 0 Å². The minimum absolute atomic E-state index is 0.583. The number of carbonyl (C=O) groups excluding carboxylic acids is 3. The van der Waals surface area contributed by atoms with Crippen molar-refractivity contribution in [2.45, 2.75) is 242 Å². The molecular weight excluding hydrogens is 1180 g/mol. The van der Waals surface area contributed by atoms with Crippen molar-refractivity contribution in [2.75, 3.05) is 39.6 Å². The molecule has 7 saturated heterocycles. The molecule has 7 aliphatic heterocycles. The Morgan fingerprint density at radius 1 is 0.326 bits per heavy atom.